The van der Waals surface area contributed by atoms with Crippen LogP contribution in [0.3, 0.4) is 0 Å². The van der Waals surface area contributed by atoms with Crippen molar-refractivity contribution in [1.82, 2.24) is 9.88 Å². The fourth-order valence-corrected chi connectivity index (χ4v) is 1.53. The number of rotatable bonds is 2. The zero-order valence-corrected chi connectivity index (χ0v) is 10.7. The van der Waals surface area contributed by atoms with Gasteiger partial charge in [0, 0.05) is 5.54 Å². The molecular weight excluding hydrogens is 218 g/mol. The number of nitrogens with zero attached hydrogens (tertiary/aromatic N) is 2. The van der Waals surface area contributed by atoms with Gasteiger partial charge in [0.1, 0.15) is 0 Å². The number of nitrogens with two attached hydrogens (primary N) is 1. The zero-order chi connectivity index (χ0) is 13.2. The van der Waals surface area contributed by atoms with E-state index in [-0.39, 0.29) is 6.54 Å². The van der Waals surface area contributed by atoms with Crippen molar-refractivity contribution in [3.05, 3.63) is 23.5 Å². The van der Waals surface area contributed by atoms with Gasteiger partial charge in [0.05, 0.1) is 24.1 Å². The van der Waals surface area contributed by atoms with Gasteiger partial charge in [0.2, 0.25) is 0 Å². The Labute approximate surface area is 101 Å². The lowest BCUT2D eigenvalue weighted by Crippen LogP contribution is -2.44. The molecule has 1 aromatic rings. The lowest BCUT2D eigenvalue weighted by molar-refractivity contribution is 0.0946. The predicted molar refractivity (Wildman–Crippen MR) is 66.7 cm³/mol. The van der Waals surface area contributed by atoms with Crippen LogP contribution in [0, 0.1) is 6.92 Å². The van der Waals surface area contributed by atoms with Crippen LogP contribution in [0.5, 0.6) is 0 Å². The molecular formula is C12H19N3O2. The normalized spacial score (nSPS) is 11.3. The molecule has 0 saturated heterocycles. The summed E-state index contributed by atoms with van der Waals surface area (Å²) in [4.78, 5) is 16.7. The number of nitrogen functional groups attached to an aromatic ring is 1. The third-order valence-electron chi connectivity index (χ3n) is 2.56. The molecule has 1 heterocycles. The smallest absolute Gasteiger partial charge is 0.408 e. The van der Waals surface area contributed by atoms with E-state index in [1.54, 1.807) is 12.3 Å². The molecule has 5 nitrogen and oxygen atoms in total. The van der Waals surface area contributed by atoms with Gasteiger partial charge in [-0.25, -0.2) is 4.79 Å². The Morgan fingerprint density at radius 3 is 2.53 bits per heavy atom. The number of hydrogen-bond acceptors (Lipinski definition) is 3. The Hall–Kier alpha value is -1.78. The standard InChI is InChI=1S/C12H19N3O2/c1-8-5-9(13)6-14-10(8)7-15(11(16)17)12(2,3)4/h5-6H,7,13H2,1-4H3,(H,16,17). The van der Waals surface area contributed by atoms with Crippen LogP contribution in [0.1, 0.15) is 32.0 Å². The maximum Gasteiger partial charge on any atom is 0.408 e. The fourth-order valence-electron chi connectivity index (χ4n) is 1.53. The Morgan fingerprint density at radius 2 is 2.12 bits per heavy atom. The van der Waals surface area contributed by atoms with Crippen molar-refractivity contribution in [2.45, 2.75) is 39.8 Å². The number of pyridine rings is 1. The molecule has 3 N–H and O–H groups in total. The predicted octanol–water partition coefficient (Wildman–Crippen LogP) is 2.25. The highest BCUT2D eigenvalue weighted by Gasteiger charge is 2.26. The van der Waals surface area contributed by atoms with Gasteiger partial charge in [-0.15, -0.1) is 0 Å². The highest BCUT2D eigenvalue weighted by atomic mass is 16.4. The first-order valence-electron chi connectivity index (χ1n) is 5.43. The molecule has 0 aliphatic rings. The van der Waals surface area contributed by atoms with Crippen LogP contribution in [0.15, 0.2) is 12.3 Å². The first kappa shape index (κ1) is 13.3. The van der Waals surface area contributed by atoms with Crippen molar-refractivity contribution in [2.75, 3.05) is 5.73 Å². The molecule has 17 heavy (non-hydrogen) atoms. The molecule has 0 radical (unpaired) electrons. The van der Waals surface area contributed by atoms with E-state index in [1.165, 1.54) is 4.90 Å². The molecule has 1 rings (SSSR count). The summed E-state index contributed by atoms with van der Waals surface area (Å²) < 4.78 is 0. The molecule has 0 aromatic carbocycles. The van der Waals surface area contributed by atoms with Crippen LogP contribution >= 0.6 is 0 Å². The lowest BCUT2D eigenvalue weighted by Gasteiger charge is -2.33. The first-order chi connectivity index (χ1) is 7.71. The Kier molecular flexibility index (Phi) is 3.60. The van der Waals surface area contributed by atoms with E-state index in [4.69, 9.17) is 5.73 Å². The number of aryl methyl sites for hydroxylation is 1. The van der Waals surface area contributed by atoms with Crippen LogP contribution in [-0.4, -0.2) is 26.6 Å². The second-order valence-electron chi connectivity index (χ2n) is 5.07. The summed E-state index contributed by atoms with van der Waals surface area (Å²) in [6.07, 6.45) is 0.598. The van der Waals surface area contributed by atoms with Crippen LogP contribution in [-0.2, 0) is 6.54 Å². The Morgan fingerprint density at radius 1 is 1.53 bits per heavy atom. The van der Waals surface area contributed by atoms with Crippen molar-refractivity contribution >= 4 is 11.8 Å². The second kappa shape index (κ2) is 4.61. The van der Waals surface area contributed by atoms with Gasteiger partial charge in [0.25, 0.3) is 0 Å². The summed E-state index contributed by atoms with van der Waals surface area (Å²) in [7, 11) is 0. The molecule has 1 amide bonds. The van der Waals surface area contributed by atoms with E-state index in [2.05, 4.69) is 4.98 Å². The highest BCUT2D eigenvalue weighted by molar-refractivity contribution is 5.66. The molecule has 5 heteroatoms. The fraction of sp³-hybridized carbons (Fsp3) is 0.500. The largest absolute Gasteiger partial charge is 0.465 e. The number of hydrogen-bond donors (Lipinski definition) is 2. The third kappa shape index (κ3) is 3.34. The summed E-state index contributed by atoms with van der Waals surface area (Å²) in [5.74, 6) is 0. The van der Waals surface area contributed by atoms with E-state index in [1.807, 2.05) is 27.7 Å². The van der Waals surface area contributed by atoms with E-state index in [0.717, 1.165) is 11.3 Å². The summed E-state index contributed by atoms with van der Waals surface area (Å²) in [5.41, 5.74) is 7.38. The molecule has 0 fully saturated rings. The number of carbonyl (C=O) groups is 1. The molecule has 0 saturated carbocycles. The first-order valence-corrected chi connectivity index (χ1v) is 5.43. The maximum atomic E-state index is 11.2. The quantitative estimate of drug-likeness (QED) is 0.826. The number of anilines is 1. The van der Waals surface area contributed by atoms with Crippen molar-refractivity contribution in [2.24, 2.45) is 0 Å². The van der Waals surface area contributed by atoms with Gasteiger partial charge in [-0.1, -0.05) is 0 Å². The molecule has 0 spiro atoms. The van der Waals surface area contributed by atoms with Gasteiger partial charge >= 0.3 is 6.09 Å². The van der Waals surface area contributed by atoms with Gasteiger partial charge in [-0.05, 0) is 39.3 Å². The molecule has 0 atom stereocenters. The molecule has 0 unspecified atom stereocenters. The number of aromatic nitrogens is 1. The zero-order valence-electron chi connectivity index (χ0n) is 10.7. The van der Waals surface area contributed by atoms with E-state index >= 15 is 0 Å². The average molecular weight is 237 g/mol. The van der Waals surface area contributed by atoms with Crippen molar-refractivity contribution in [3.8, 4) is 0 Å². The molecule has 0 bridgehead atoms. The monoisotopic (exact) mass is 237 g/mol. The van der Waals surface area contributed by atoms with Gasteiger partial charge in [-0.3, -0.25) is 9.88 Å². The SMILES string of the molecule is Cc1cc(N)cnc1CN(C(=O)O)C(C)(C)C. The third-order valence-corrected chi connectivity index (χ3v) is 2.56. The topological polar surface area (TPSA) is 79.5 Å². The minimum absolute atomic E-state index is 0.269. The second-order valence-corrected chi connectivity index (χ2v) is 5.07. The van der Waals surface area contributed by atoms with Crippen LogP contribution in [0.4, 0.5) is 10.5 Å². The van der Waals surface area contributed by atoms with Gasteiger partial charge in [-0.2, -0.15) is 0 Å². The van der Waals surface area contributed by atoms with Gasteiger partial charge in [0.15, 0.2) is 0 Å². The summed E-state index contributed by atoms with van der Waals surface area (Å²) in [5, 5.41) is 9.19. The molecule has 0 aliphatic carbocycles. The van der Waals surface area contributed by atoms with E-state index in [9.17, 15) is 9.90 Å². The van der Waals surface area contributed by atoms with Crippen molar-refractivity contribution in [1.29, 1.82) is 0 Å². The molecule has 94 valence electrons. The minimum atomic E-state index is -0.949. The summed E-state index contributed by atoms with van der Waals surface area (Å²) in [6.45, 7) is 7.71. The minimum Gasteiger partial charge on any atom is -0.465 e. The molecule has 1 aromatic heterocycles. The van der Waals surface area contributed by atoms with Gasteiger partial charge < -0.3 is 10.8 Å². The average Bonchev–Trinajstić information content (AvgIpc) is 2.13. The summed E-state index contributed by atoms with van der Waals surface area (Å²) >= 11 is 0. The van der Waals surface area contributed by atoms with E-state index < -0.39 is 11.6 Å². The van der Waals surface area contributed by atoms with Crippen LogP contribution < -0.4 is 5.73 Å². The number of amides is 1. The van der Waals surface area contributed by atoms with E-state index in [0.29, 0.717) is 5.69 Å². The molecule has 0 aliphatic heterocycles. The van der Waals surface area contributed by atoms with Crippen LogP contribution in [0.2, 0.25) is 0 Å². The highest BCUT2D eigenvalue weighted by Crippen LogP contribution is 2.19. The Bertz CT molecular complexity index is 424. The lowest BCUT2D eigenvalue weighted by atomic mass is 10.1. The summed E-state index contributed by atoms with van der Waals surface area (Å²) in [6, 6.07) is 1.80. The van der Waals surface area contributed by atoms with Crippen molar-refractivity contribution < 1.29 is 9.90 Å². The number of carboxylic acid groups (broad SMARTS) is 1. The Balaban J connectivity index is 2.98. The van der Waals surface area contributed by atoms with Crippen molar-refractivity contribution in [3.63, 3.8) is 0 Å². The van der Waals surface area contributed by atoms with Crippen LogP contribution in [0.25, 0.3) is 0 Å². The maximum absolute atomic E-state index is 11.2.